The molecule has 1 unspecified atom stereocenters. The molecule has 0 bridgehead atoms. The van der Waals surface area contributed by atoms with Gasteiger partial charge in [-0.1, -0.05) is 0 Å². The van der Waals surface area contributed by atoms with E-state index in [4.69, 9.17) is 4.74 Å². The first-order valence-electron chi connectivity index (χ1n) is 10.3. The molecule has 1 aliphatic heterocycles. The Hall–Kier alpha value is -3.86. The van der Waals surface area contributed by atoms with Crippen LogP contribution in [0.5, 0.6) is 11.8 Å². The lowest BCUT2D eigenvalue weighted by Gasteiger charge is -2.22. The van der Waals surface area contributed by atoms with Crippen LogP contribution in [0.25, 0.3) is 11.1 Å². The van der Waals surface area contributed by atoms with Gasteiger partial charge in [0.2, 0.25) is 0 Å². The number of nitrogens with one attached hydrogen (secondary N) is 1. The molecule has 2 heterocycles. The van der Waals surface area contributed by atoms with Gasteiger partial charge in [0.25, 0.3) is 5.91 Å². The Morgan fingerprint density at radius 1 is 1.15 bits per heavy atom. The van der Waals surface area contributed by atoms with E-state index in [1.54, 1.807) is 30.6 Å². The highest BCUT2D eigenvalue weighted by molar-refractivity contribution is 6.05. The monoisotopic (exact) mass is 474 g/mol. The first-order valence-corrected chi connectivity index (χ1v) is 10.3. The van der Waals surface area contributed by atoms with Crippen molar-refractivity contribution in [3.05, 3.63) is 60.4 Å². The number of aliphatic hydroxyl groups excluding tert-OH is 1. The molecular formula is C23H21F3N4O4. The number of halogens is 3. The van der Waals surface area contributed by atoms with Crippen LogP contribution in [-0.2, 0) is 0 Å². The molecule has 11 heteroatoms. The number of carbonyl (C=O) groups is 1. The second-order valence-electron chi connectivity index (χ2n) is 7.61. The number of anilines is 2. The van der Waals surface area contributed by atoms with Gasteiger partial charge in [0, 0.05) is 53.5 Å². The zero-order valence-corrected chi connectivity index (χ0v) is 18.0. The summed E-state index contributed by atoms with van der Waals surface area (Å²) in [4.78, 5) is 23.2. The zero-order chi connectivity index (χ0) is 24.3. The summed E-state index contributed by atoms with van der Waals surface area (Å²) in [5.74, 6) is -0.836. The highest BCUT2D eigenvalue weighted by Crippen LogP contribution is 2.34. The number of alkyl halides is 3. The van der Waals surface area contributed by atoms with Gasteiger partial charge in [-0.25, -0.2) is 9.97 Å². The number of rotatable bonds is 6. The lowest BCUT2D eigenvalue weighted by atomic mass is 10.0. The van der Waals surface area contributed by atoms with E-state index in [1.165, 1.54) is 19.2 Å². The van der Waals surface area contributed by atoms with Crippen LogP contribution in [0.2, 0.25) is 0 Å². The smallest absolute Gasteiger partial charge is 0.467 e. The molecule has 34 heavy (non-hydrogen) atoms. The maximum absolute atomic E-state index is 12.9. The molecule has 1 aliphatic rings. The van der Waals surface area contributed by atoms with Crippen LogP contribution in [0.4, 0.5) is 24.5 Å². The second-order valence-corrected chi connectivity index (χ2v) is 7.61. The quantitative estimate of drug-likeness (QED) is 0.560. The van der Waals surface area contributed by atoms with E-state index in [-0.39, 0.29) is 11.8 Å². The number of hydrogen-bond donors (Lipinski definition) is 2. The Bertz CT molecular complexity index is 1150. The van der Waals surface area contributed by atoms with Crippen LogP contribution in [0.3, 0.4) is 0 Å². The van der Waals surface area contributed by atoms with Crippen LogP contribution in [0, 0.1) is 0 Å². The summed E-state index contributed by atoms with van der Waals surface area (Å²) in [7, 11) is 1.46. The van der Waals surface area contributed by atoms with Gasteiger partial charge in [-0.2, -0.15) is 0 Å². The van der Waals surface area contributed by atoms with E-state index in [9.17, 15) is 23.1 Å². The minimum Gasteiger partial charge on any atom is -0.467 e. The Kier molecular flexibility index (Phi) is 6.55. The molecule has 1 atom stereocenters. The minimum absolute atomic E-state index is 0.203. The molecule has 4 rings (SSSR count). The molecule has 1 saturated heterocycles. The molecule has 8 nitrogen and oxygen atoms in total. The highest BCUT2D eigenvalue weighted by atomic mass is 19.4. The summed E-state index contributed by atoms with van der Waals surface area (Å²) in [6.45, 7) is 1.12. The molecule has 3 aromatic rings. The van der Waals surface area contributed by atoms with Gasteiger partial charge in [-0.15, -0.1) is 13.2 Å². The Morgan fingerprint density at radius 2 is 1.85 bits per heavy atom. The zero-order valence-electron chi connectivity index (χ0n) is 18.0. The molecule has 0 radical (unpaired) electrons. The molecule has 0 aliphatic carbocycles. The molecule has 2 N–H and O–H groups in total. The maximum atomic E-state index is 12.9. The fraction of sp³-hybridized carbons (Fsp3) is 0.261. The van der Waals surface area contributed by atoms with Gasteiger partial charge in [0.1, 0.15) is 5.75 Å². The Labute approximate surface area is 193 Å². The molecule has 2 aromatic carbocycles. The third kappa shape index (κ3) is 5.54. The van der Waals surface area contributed by atoms with E-state index < -0.39 is 18.4 Å². The van der Waals surface area contributed by atoms with Gasteiger partial charge < -0.3 is 24.8 Å². The van der Waals surface area contributed by atoms with Crippen molar-refractivity contribution in [3.63, 3.8) is 0 Å². The van der Waals surface area contributed by atoms with Crippen molar-refractivity contribution < 1.29 is 32.5 Å². The van der Waals surface area contributed by atoms with Crippen molar-refractivity contribution in [2.24, 2.45) is 0 Å². The number of aromatic nitrogens is 2. The summed E-state index contributed by atoms with van der Waals surface area (Å²) >= 11 is 0. The number of β-amino-alcohol motifs (C(OH)–C–C–N with tert-alkyl or cyclic N) is 1. The lowest BCUT2D eigenvalue weighted by molar-refractivity contribution is -0.274. The summed E-state index contributed by atoms with van der Waals surface area (Å²) in [5.41, 5.74) is 2.79. The SMILES string of the molecule is COc1ncc(-c2cc(C(=O)Nc3ccc(OC(F)(F)F)cc3)ccc2N2CCC(O)C2)cn1. The van der Waals surface area contributed by atoms with Crippen LogP contribution in [0.1, 0.15) is 16.8 Å². The fourth-order valence-corrected chi connectivity index (χ4v) is 3.65. The highest BCUT2D eigenvalue weighted by Gasteiger charge is 2.31. The van der Waals surface area contributed by atoms with Gasteiger partial charge in [0.05, 0.1) is 13.2 Å². The molecular weight excluding hydrogens is 453 g/mol. The minimum atomic E-state index is -4.79. The predicted molar refractivity (Wildman–Crippen MR) is 118 cm³/mol. The van der Waals surface area contributed by atoms with Gasteiger partial charge in [-0.3, -0.25) is 4.79 Å². The lowest BCUT2D eigenvalue weighted by Crippen LogP contribution is -2.22. The van der Waals surface area contributed by atoms with Crippen LogP contribution >= 0.6 is 0 Å². The third-order valence-corrected chi connectivity index (χ3v) is 5.23. The molecule has 1 aromatic heterocycles. The van der Waals surface area contributed by atoms with E-state index >= 15 is 0 Å². The molecule has 178 valence electrons. The third-order valence-electron chi connectivity index (χ3n) is 5.23. The average molecular weight is 474 g/mol. The number of methoxy groups -OCH3 is 1. The van der Waals surface area contributed by atoms with Crippen LogP contribution < -0.4 is 19.7 Å². The van der Waals surface area contributed by atoms with Gasteiger partial charge in [-0.05, 0) is 48.9 Å². The summed E-state index contributed by atoms with van der Waals surface area (Å²) in [6.07, 6.45) is -1.43. The maximum Gasteiger partial charge on any atom is 0.573 e. The molecule has 0 saturated carbocycles. The van der Waals surface area contributed by atoms with Crippen molar-refractivity contribution in [3.8, 4) is 22.9 Å². The van der Waals surface area contributed by atoms with Crippen molar-refractivity contribution in [2.75, 3.05) is 30.4 Å². The van der Waals surface area contributed by atoms with E-state index in [1.807, 2.05) is 4.90 Å². The normalized spacial score (nSPS) is 15.8. The number of aliphatic hydroxyl groups is 1. The Balaban J connectivity index is 1.59. The summed E-state index contributed by atoms with van der Waals surface area (Å²) < 4.78 is 45.9. The standard InChI is InChI=1S/C23H21F3N4O4/c1-33-22-27-11-15(12-28-22)19-10-14(2-7-20(19)30-9-8-17(31)13-30)21(32)29-16-3-5-18(6-4-16)34-23(24,25)26/h2-7,10-12,17,31H,8-9,13H2,1H3,(H,29,32). The first kappa shape index (κ1) is 23.3. The molecule has 0 spiro atoms. The largest absolute Gasteiger partial charge is 0.573 e. The van der Waals surface area contributed by atoms with E-state index in [0.717, 1.165) is 17.8 Å². The van der Waals surface area contributed by atoms with Crippen molar-refractivity contribution in [2.45, 2.75) is 18.9 Å². The molecule has 1 fully saturated rings. The predicted octanol–water partition coefficient (Wildman–Crippen LogP) is 3.87. The van der Waals surface area contributed by atoms with Crippen LogP contribution in [0.15, 0.2) is 54.9 Å². The number of ether oxygens (including phenoxy) is 2. The van der Waals surface area contributed by atoms with Crippen LogP contribution in [-0.4, -0.2) is 53.6 Å². The van der Waals surface area contributed by atoms with Gasteiger partial charge in [0.15, 0.2) is 0 Å². The average Bonchev–Trinajstić information content (AvgIpc) is 3.25. The fourth-order valence-electron chi connectivity index (χ4n) is 3.65. The number of benzene rings is 2. The first-order chi connectivity index (χ1) is 16.2. The summed E-state index contributed by atoms with van der Waals surface area (Å²) in [6, 6.07) is 10.2. The number of hydrogen-bond acceptors (Lipinski definition) is 7. The van der Waals surface area contributed by atoms with E-state index in [2.05, 4.69) is 20.0 Å². The number of carbonyl (C=O) groups excluding carboxylic acids is 1. The number of amides is 1. The topological polar surface area (TPSA) is 96.8 Å². The summed E-state index contributed by atoms with van der Waals surface area (Å²) in [5, 5.41) is 12.6. The second kappa shape index (κ2) is 9.56. The van der Waals surface area contributed by atoms with Crippen molar-refractivity contribution >= 4 is 17.3 Å². The number of nitrogens with zero attached hydrogens (tertiary/aromatic N) is 3. The Morgan fingerprint density at radius 3 is 2.44 bits per heavy atom. The van der Waals surface area contributed by atoms with Crippen molar-refractivity contribution in [1.29, 1.82) is 0 Å². The molecule has 1 amide bonds. The van der Waals surface area contributed by atoms with Gasteiger partial charge >= 0.3 is 12.4 Å². The van der Waals surface area contributed by atoms with Crippen molar-refractivity contribution in [1.82, 2.24) is 9.97 Å². The van der Waals surface area contributed by atoms with E-state index in [0.29, 0.717) is 41.9 Å².